The molecule has 1 aliphatic rings. The van der Waals surface area contributed by atoms with Gasteiger partial charge in [0, 0.05) is 6.61 Å². The molecule has 1 heterocycles. The monoisotopic (exact) mass is 141 g/mol. The van der Waals surface area contributed by atoms with Crippen LogP contribution in [-0.2, 0) is 4.43 Å². The lowest BCUT2D eigenvalue weighted by Crippen LogP contribution is -2.21. The first kappa shape index (κ1) is 7.03. The van der Waals surface area contributed by atoms with E-state index in [4.69, 9.17) is 4.43 Å². The van der Waals surface area contributed by atoms with E-state index in [9.17, 15) is 0 Å². The second-order valence-corrected chi connectivity index (χ2v) is 4.61. The van der Waals surface area contributed by atoms with Crippen molar-refractivity contribution in [3.8, 4) is 0 Å². The van der Waals surface area contributed by atoms with Crippen LogP contribution in [0.1, 0.15) is 12.8 Å². The van der Waals surface area contributed by atoms with Gasteiger partial charge >= 0.3 is 0 Å². The predicted molar refractivity (Wildman–Crippen MR) is 40.8 cm³/mol. The van der Waals surface area contributed by atoms with Gasteiger partial charge in [0.05, 0.1) is 0 Å². The molecule has 2 heteroatoms. The Kier molecular flexibility index (Phi) is 3.01. The molecular formula is C7H13OSi. The lowest BCUT2D eigenvalue weighted by Gasteiger charge is -2.18. The van der Waals surface area contributed by atoms with Gasteiger partial charge in [0.1, 0.15) is 0 Å². The fraction of sp³-hybridized carbons (Fsp3) is 0.714. The molecule has 1 saturated heterocycles. The standard InChI is InChI=1S/C7H13OSi/c1-2-6-9-7-4-3-5-8-9/h2H,1,3-7H2. The van der Waals surface area contributed by atoms with Gasteiger partial charge in [-0.2, -0.15) is 0 Å². The van der Waals surface area contributed by atoms with Crippen molar-refractivity contribution in [3.05, 3.63) is 12.7 Å². The molecule has 51 valence electrons. The second kappa shape index (κ2) is 3.85. The Morgan fingerprint density at radius 3 is 3.00 bits per heavy atom. The molecule has 0 N–H and O–H groups in total. The van der Waals surface area contributed by atoms with Gasteiger partial charge in [0.25, 0.3) is 0 Å². The van der Waals surface area contributed by atoms with Gasteiger partial charge in [0.15, 0.2) is 0 Å². The first-order chi connectivity index (χ1) is 4.43. The summed E-state index contributed by atoms with van der Waals surface area (Å²) in [6.45, 7) is 4.70. The van der Waals surface area contributed by atoms with Gasteiger partial charge in [-0.15, -0.1) is 6.58 Å². The van der Waals surface area contributed by atoms with E-state index in [1.165, 1.54) is 18.9 Å². The molecule has 1 fully saturated rings. The summed E-state index contributed by atoms with van der Waals surface area (Å²) in [6.07, 6.45) is 4.63. The van der Waals surface area contributed by atoms with E-state index in [2.05, 4.69) is 6.58 Å². The Morgan fingerprint density at radius 1 is 1.56 bits per heavy atom. The molecule has 0 atom stereocenters. The van der Waals surface area contributed by atoms with Gasteiger partial charge in [0.2, 0.25) is 9.04 Å². The first-order valence-electron chi connectivity index (χ1n) is 3.52. The van der Waals surface area contributed by atoms with Gasteiger partial charge in [-0.1, -0.05) is 12.5 Å². The summed E-state index contributed by atoms with van der Waals surface area (Å²) in [4.78, 5) is 0. The molecule has 9 heavy (non-hydrogen) atoms. The zero-order valence-corrected chi connectivity index (χ0v) is 6.73. The van der Waals surface area contributed by atoms with Crippen molar-refractivity contribution in [2.24, 2.45) is 0 Å². The average molecular weight is 141 g/mol. The van der Waals surface area contributed by atoms with Crippen molar-refractivity contribution in [1.82, 2.24) is 0 Å². The maximum Gasteiger partial charge on any atom is 0.215 e. The van der Waals surface area contributed by atoms with Gasteiger partial charge in [-0.3, -0.25) is 0 Å². The zero-order valence-electron chi connectivity index (χ0n) is 5.73. The summed E-state index contributed by atoms with van der Waals surface area (Å²) in [5, 5.41) is 0. The van der Waals surface area contributed by atoms with Crippen LogP contribution < -0.4 is 0 Å². The predicted octanol–water partition coefficient (Wildman–Crippen LogP) is 1.97. The Morgan fingerprint density at radius 2 is 2.44 bits per heavy atom. The first-order valence-corrected chi connectivity index (χ1v) is 5.34. The highest BCUT2D eigenvalue weighted by atomic mass is 28.3. The highest BCUT2D eigenvalue weighted by Gasteiger charge is 2.14. The molecule has 1 radical (unpaired) electrons. The molecule has 0 saturated carbocycles. The molecule has 1 aliphatic heterocycles. The van der Waals surface area contributed by atoms with Crippen LogP contribution in [0, 0.1) is 0 Å². The maximum absolute atomic E-state index is 5.55. The van der Waals surface area contributed by atoms with Crippen molar-refractivity contribution in [1.29, 1.82) is 0 Å². The topological polar surface area (TPSA) is 9.23 Å². The molecule has 0 bridgehead atoms. The average Bonchev–Trinajstić information content (AvgIpc) is 1.91. The summed E-state index contributed by atoms with van der Waals surface area (Å²) in [6, 6.07) is 2.46. The van der Waals surface area contributed by atoms with Crippen LogP contribution in [0.5, 0.6) is 0 Å². The van der Waals surface area contributed by atoms with Crippen LogP contribution in [0.3, 0.4) is 0 Å². The Labute approximate surface area is 58.4 Å². The van der Waals surface area contributed by atoms with Gasteiger partial charge in [-0.25, -0.2) is 0 Å². The molecule has 0 spiro atoms. The molecule has 0 aromatic heterocycles. The molecule has 1 rings (SSSR count). The van der Waals surface area contributed by atoms with E-state index in [-0.39, 0.29) is 0 Å². The highest BCUT2D eigenvalue weighted by Crippen LogP contribution is 2.13. The summed E-state index contributed by atoms with van der Waals surface area (Å²) in [5.74, 6) is 0. The third kappa shape index (κ3) is 2.33. The van der Waals surface area contributed by atoms with Crippen molar-refractivity contribution in [3.63, 3.8) is 0 Å². The number of allylic oxidation sites excluding steroid dienone is 1. The van der Waals surface area contributed by atoms with E-state index >= 15 is 0 Å². The normalized spacial score (nSPS) is 21.8. The van der Waals surface area contributed by atoms with Crippen LogP contribution in [0.4, 0.5) is 0 Å². The molecule has 1 nitrogen and oxygen atoms in total. The number of hydrogen-bond donors (Lipinski definition) is 0. The third-order valence-corrected chi connectivity index (χ3v) is 3.80. The second-order valence-electron chi connectivity index (χ2n) is 2.34. The van der Waals surface area contributed by atoms with E-state index < -0.39 is 9.04 Å². The Bertz CT molecular complexity index is 86.9. The van der Waals surface area contributed by atoms with E-state index in [0.29, 0.717) is 0 Å². The van der Waals surface area contributed by atoms with E-state index in [0.717, 1.165) is 12.7 Å². The van der Waals surface area contributed by atoms with Crippen LogP contribution in [-0.4, -0.2) is 15.6 Å². The third-order valence-electron chi connectivity index (χ3n) is 1.53. The summed E-state index contributed by atoms with van der Waals surface area (Å²) >= 11 is 0. The van der Waals surface area contributed by atoms with Crippen LogP contribution in [0.25, 0.3) is 0 Å². The van der Waals surface area contributed by atoms with Crippen molar-refractivity contribution in [2.75, 3.05) is 6.61 Å². The molecule has 0 unspecified atom stereocenters. The molecule has 0 aliphatic carbocycles. The summed E-state index contributed by atoms with van der Waals surface area (Å²) in [7, 11) is -0.417. The SMILES string of the molecule is C=CC[Si]1CCCCO1. The Balaban J connectivity index is 2.15. The highest BCUT2D eigenvalue weighted by molar-refractivity contribution is 6.52. The summed E-state index contributed by atoms with van der Waals surface area (Å²) < 4.78 is 5.55. The zero-order chi connectivity index (χ0) is 6.53. The van der Waals surface area contributed by atoms with Crippen molar-refractivity contribution >= 4 is 9.04 Å². The van der Waals surface area contributed by atoms with Crippen LogP contribution in [0.15, 0.2) is 12.7 Å². The molecule has 0 amide bonds. The smallest absolute Gasteiger partial charge is 0.215 e. The minimum absolute atomic E-state index is 0.417. The van der Waals surface area contributed by atoms with E-state index in [1.807, 2.05) is 6.08 Å². The van der Waals surface area contributed by atoms with Crippen molar-refractivity contribution in [2.45, 2.75) is 24.9 Å². The maximum atomic E-state index is 5.55. The lowest BCUT2D eigenvalue weighted by atomic mass is 10.4. The largest absolute Gasteiger partial charge is 0.416 e. The van der Waals surface area contributed by atoms with Gasteiger partial charge in [-0.05, 0) is 18.5 Å². The Hall–Kier alpha value is -0.0831. The minimum Gasteiger partial charge on any atom is -0.416 e. The minimum atomic E-state index is -0.417. The fourth-order valence-corrected chi connectivity index (χ4v) is 2.90. The van der Waals surface area contributed by atoms with Gasteiger partial charge < -0.3 is 4.43 Å². The lowest BCUT2D eigenvalue weighted by molar-refractivity contribution is 0.288. The number of rotatable bonds is 2. The van der Waals surface area contributed by atoms with Crippen LogP contribution >= 0.6 is 0 Å². The van der Waals surface area contributed by atoms with Crippen molar-refractivity contribution < 1.29 is 4.43 Å². The van der Waals surface area contributed by atoms with E-state index in [1.54, 1.807) is 0 Å². The fourth-order valence-electron chi connectivity index (χ4n) is 1.03. The molecule has 0 aromatic rings. The molecule has 0 aromatic carbocycles. The summed E-state index contributed by atoms with van der Waals surface area (Å²) in [5.41, 5.74) is 0. The molecular weight excluding hydrogens is 128 g/mol. The number of hydrogen-bond acceptors (Lipinski definition) is 1. The quantitative estimate of drug-likeness (QED) is 0.422. The van der Waals surface area contributed by atoms with Crippen LogP contribution in [0.2, 0.25) is 12.1 Å².